The summed E-state index contributed by atoms with van der Waals surface area (Å²) in [5.41, 5.74) is 5.78. The fraction of sp³-hybridized carbons (Fsp3) is 0.286. The molecule has 1 aliphatic heterocycles. The van der Waals surface area contributed by atoms with Gasteiger partial charge < -0.3 is 15.4 Å². The Balaban J connectivity index is 1.48. The van der Waals surface area contributed by atoms with E-state index in [1.54, 1.807) is 31.5 Å². The molecule has 1 aromatic heterocycles. The second-order valence-corrected chi connectivity index (χ2v) is 10.9. The number of sulfonamides is 1. The van der Waals surface area contributed by atoms with Crippen LogP contribution < -0.4 is 15.4 Å². The smallest absolute Gasteiger partial charge is 0.243 e. The first-order chi connectivity index (χ1) is 17.9. The molecule has 0 spiro atoms. The third kappa shape index (κ3) is 5.02. The van der Waals surface area contributed by atoms with Gasteiger partial charge in [-0.1, -0.05) is 38.1 Å². The molecule has 0 amide bonds. The molecule has 3 aromatic carbocycles. The van der Waals surface area contributed by atoms with Crippen molar-refractivity contribution in [2.75, 3.05) is 32.1 Å². The zero-order valence-electron chi connectivity index (χ0n) is 21.3. The number of fused-ring (bicyclic) bond motifs is 2. The molecule has 37 heavy (non-hydrogen) atoms. The van der Waals surface area contributed by atoms with Gasteiger partial charge in [-0.25, -0.2) is 18.4 Å². The van der Waals surface area contributed by atoms with Gasteiger partial charge in [-0.3, -0.25) is 0 Å². The zero-order valence-corrected chi connectivity index (χ0v) is 22.1. The first-order valence-corrected chi connectivity index (χ1v) is 13.9. The number of hydrogen-bond donors (Lipinski definition) is 2. The van der Waals surface area contributed by atoms with Gasteiger partial charge >= 0.3 is 0 Å². The summed E-state index contributed by atoms with van der Waals surface area (Å²) in [5.74, 6) is 1.22. The van der Waals surface area contributed by atoms with Crippen molar-refractivity contribution in [3.8, 4) is 16.9 Å². The highest BCUT2D eigenvalue weighted by Crippen LogP contribution is 2.32. The summed E-state index contributed by atoms with van der Waals surface area (Å²) in [6, 6.07) is 17.1. The van der Waals surface area contributed by atoms with Gasteiger partial charge in [0.05, 0.1) is 23.2 Å². The van der Waals surface area contributed by atoms with Crippen molar-refractivity contribution in [3.63, 3.8) is 0 Å². The van der Waals surface area contributed by atoms with Gasteiger partial charge in [0.2, 0.25) is 16.0 Å². The molecule has 2 heterocycles. The Morgan fingerprint density at radius 2 is 1.84 bits per heavy atom. The number of aromatic nitrogens is 2. The van der Waals surface area contributed by atoms with Gasteiger partial charge in [0.1, 0.15) is 5.75 Å². The molecule has 2 N–H and O–H groups in total. The van der Waals surface area contributed by atoms with Crippen molar-refractivity contribution < 1.29 is 13.2 Å². The lowest BCUT2D eigenvalue weighted by Crippen LogP contribution is -2.30. The molecule has 0 radical (unpaired) electrons. The Labute approximate surface area is 217 Å². The molecular weight excluding hydrogens is 486 g/mol. The number of benzene rings is 3. The molecule has 4 aromatic rings. The van der Waals surface area contributed by atoms with Crippen molar-refractivity contribution >= 4 is 32.6 Å². The van der Waals surface area contributed by atoms with Crippen molar-refractivity contribution in [1.82, 2.24) is 19.6 Å². The second kappa shape index (κ2) is 10.5. The monoisotopic (exact) mass is 517 g/mol. The van der Waals surface area contributed by atoms with Gasteiger partial charge in [0.25, 0.3) is 0 Å². The average molecular weight is 518 g/mol. The van der Waals surface area contributed by atoms with E-state index in [9.17, 15) is 8.42 Å². The molecule has 5 rings (SSSR count). The van der Waals surface area contributed by atoms with Crippen LogP contribution in [0.4, 0.5) is 11.6 Å². The SMILES string of the molecule is CCN(CC)S(=O)(=O)c1cccc(-c2ccc3cnc(Nc4cc5c(cc4OC)CCNC5)nc3c2)c1. The molecule has 0 unspecified atom stereocenters. The van der Waals surface area contributed by atoms with E-state index in [1.807, 2.05) is 38.1 Å². The number of ether oxygens (including phenoxy) is 1. The highest BCUT2D eigenvalue weighted by atomic mass is 32.2. The Morgan fingerprint density at radius 3 is 2.62 bits per heavy atom. The van der Waals surface area contributed by atoms with E-state index in [2.05, 4.69) is 27.8 Å². The third-order valence-corrected chi connectivity index (χ3v) is 8.79. The molecule has 0 bridgehead atoms. The van der Waals surface area contributed by atoms with Crippen LogP contribution in [0, 0.1) is 0 Å². The maximum Gasteiger partial charge on any atom is 0.243 e. The van der Waals surface area contributed by atoms with Crippen LogP contribution in [-0.4, -0.2) is 49.4 Å². The Morgan fingerprint density at radius 1 is 1.03 bits per heavy atom. The summed E-state index contributed by atoms with van der Waals surface area (Å²) in [4.78, 5) is 9.53. The lowest BCUT2D eigenvalue weighted by Gasteiger charge is -2.20. The normalized spacial score (nSPS) is 13.5. The molecule has 0 atom stereocenters. The van der Waals surface area contributed by atoms with E-state index < -0.39 is 10.0 Å². The summed E-state index contributed by atoms with van der Waals surface area (Å²) in [7, 11) is -1.88. The standard InChI is InChI=1S/C28H31N5O3S/c1-4-33(5-2)37(34,35)24-8-6-7-19(13-24)20-9-10-22-18-30-28(31-25(22)14-20)32-26-15-23-17-29-12-11-21(23)16-27(26)36-3/h6-10,13-16,18,29H,4-5,11-12,17H2,1-3H3,(H,30,31,32). The number of hydrogen-bond acceptors (Lipinski definition) is 7. The first-order valence-electron chi connectivity index (χ1n) is 12.5. The predicted octanol–water partition coefficient (Wildman–Crippen LogP) is 4.73. The molecule has 1 aliphatic rings. The minimum absolute atomic E-state index is 0.285. The van der Waals surface area contributed by atoms with Gasteiger partial charge in [-0.05, 0) is 65.6 Å². The van der Waals surface area contributed by atoms with Crippen LogP contribution in [-0.2, 0) is 23.0 Å². The summed E-state index contributed by atoms with van der Waals surface area (Å²) in [6.07, 6.45) is 2.75. The Hall–Kier alpha value is -3.53. The van der Waals surface area contributed by atoms with Crippen molar-refractivity contribution in [2.24, 2.45) is 0 Å². The minimum atomic E-state index is -3.55. The van der Waals surface area contributed by atoms with Gasteiger partial charge in [0, 0.05) is 31.2 Å². The van der Waals surface area contributed by atoms with Crippen LogP contribution >= 0.6 is 0 Å². The van der Waals surface area contributed by atoms with Crippen LogP contribution in [0.25, 0.3) is 22.0 Å². The van der Waals surface area contributed by atoms with Gasteiger partial charge in [0.15, 0.2) is 0 Å². The number of nitrogens with zero attached hydrogens (tertiary/aromatic N) is 3. The highest BCUT2D eigenvalue weighted by Gasteiger charge is 2.22. The fourth-order valence-electron chi connectivity index (χ4n) is 4.71. The van der Waals surface area contributed by atoms with Crippen LogP contribution in [0.3, 0.4) is 0 Å². The number of methoxy groups -OCH3 is 1. The van der Waals surface area contributed by atoms with Crippen molar-refractivity contribution in [3.05, 3.63) is 71.9 Å². The Bertz CT molecular complexity index is 1550. The lowest BCUT2D eigenvalue weighted by atomic mass is 10.00. The topological polar surface area (TPSA) is 96.5 Å². The molecule has 0 fully saturated rings. The molecule has 0 aliphatic carbocycles. The fourth-order valence-corrected chi connectivity index (χ4v) is 6.21. The maximum atomic E-state index is 13.0. The summed E-state index contributed by atoms with van der Waals surface area (Å²) < 4.78 is 33.2. The second-order valence-electron chi connectivity index (χ2n) is 8.96. The molecule has 0 saturated carbocycles. The van der Waals surface area contributed by atoms with Crippen LogP contribution in [0.15, 0.2) is 65.7 Å². The van der Waals surface area contributed by atoms with E-state index in [0.29, 0.717) is 19.0 Å². The van der Waals surface area contributed by atoms with E-state index >= 15 is 0 Å². The Kier molecular flexibility index (Phi) is 7.10. The third-order valence-electron chi connectivity index (χ3n) is 6.75. The zero-order chi connectivity index (χ0) is 26.0. The van der Waals surface area contributed by atoms with Crippen molar-refractivity contribution in [1.29, 1.82) is 0 Å². The molecule has 0 saturated heterocycles. The van der Waals surface area contributed by atoms with Crippen molar-refractivity contribution in [2.45, 2.75) is 31.7 Å². The van der Waals surface area contributed by atoms with E-state index in [1.165, 1.54) is 15.4 Å². The van der Waals surface area contributed by atoms with Crippen LogP contribution in [0.1, 0.15) is 25.0 Å². The predicted molar refractivity (Wildman–Crippen MR) is 147 cm³/mol. The quantitative estimate of drug-likeness (QED) is 0.349. The van der Waals surface area contributed by atoms with Crippen LogP contribution in [0.2, 0.25) is 0 Å². The summed E-state index contributed by atoms with van der Waals surface area (Å²) >= 11 is 0. The first kappa shape index (κ1) is 25.1. The lowest BCUT2D eigenvalue weighted by molar-refractivity contribution is 0.415. The number of nitrogens with one attached hydrogen (secondary N) is 2. The van der Waals surface area contributed by atoms with E-state index in [-0.39, 0.29) is 4.90 Å². The highest BCUT2D eigenvalue weighted by molar-refractivity contribution is 7.89. The largest absolute Gasteiger partial charge is 0.495 e. The maximum absolute atomic E-state index is 13.0. The molecule has 192 valence electrons. The summed E-state index contributed by atoms with van der Waals surface area (Å²) in [6.45, 7) is 6.32. The van der Waals surface area contributed by atoms with Gasteiger partial charge in [-0.15, -0.1) is 0 Å². The minimum Gasteiger partial charge on any atom is -0.495 e. The molecule has 8 nitrogen and oxygen atoms in total. The van der Waals surface area contributed by atoms with E-state index in [0.717, 1.165) is 53.0 Å². The molecule has 9 heteroatoms. The molecular formula is C28H31N5O3S. The average Bonchev–Trinajstić information content (AvgIpc) is 2.93. The van der Waals surface area contributed by atoms with Crippen LogP contribution in [0.5, 0.6) is 5.75 Å². The van der Waals surface area contributed by atoms with E-state index in [4.69, 9.17) is 9.72 Å². The van der Waals surface area contributed by atoms with Gasteiger partial charge in [-0.2, -0.15) is 4.31 Å². The summed E-state index contributed by atoms with van der Waals surface area (Å²) in [5, 5.41) is 7.61. The number of anilines is 2. The number of rotatable bonds is 8.